The van der Waals surface area contributed by atoms with E-state index in [1.807, 2.05) is 6.92 Å². The second-order valence-electron chi connectivity index (χ2n) is 1.72. The van der Waals surface area contributed by atoms with Crippen LogP contribution in [-0.2, 0) is 0 Å². The molecule has 0 amide bonds. The van der Waals surface area contributed by atoms with Crippen molar-refractivity contribution in [1.29, 1.82) is 0 Å². The van der Waals surface area contributed by atoms with Gasteiger partial charge >= 0.3 is 0 Å². The predicted molar refractivity (Wildman–Crippen MR) is 41.0 cm³/mol. The van der Waals surface area contributed by atoms with Crippen LogP contribution >= 0.6 is 23.1 Å². The summed E-state index contributed by atoms with van der Waals surface area (Å²) in [7, 11) is 0. The number of hydrogen-bond acceptors (Lipinski definition) is 4. The van der Waals surface area contributed by atoms with Crippen molar-refractivity contribution in [1.82, 2.24) is 4.37 Å². The zero-order chi connectivity index (χ0) is 7.56. The lowest BCUT2D eigenvalue weighted by atomic mass is 10.4. The Labute approximate surface area is 67.1 Å². The number of aromatic nitrogens is 1. The molecule has 0 aliphatic rings. The van der Waals surface area contributed by atoms with Crippen LogP contribution in [0.25, 0.3) is 0 Å². The fourth-order valence-corrected chi connectivity index (χ4v) is 1.30. The molecule has 54 valence electrons. The highest BCUT2D eigenvalue weighted by molar-refractivity contribution is 7.10. The smallest absolute Gasteiger partial charge is 0.186 e. The van der Waals surface area contributed by atoms with Crippen molar-refractivity contribution in [2.45, 2.75) is 6.92 Å². The summed E-state index contributed by atoms with van der Waals surface area (Å²) >= 11 is 6.68. The molecule has 1 heterocycles. The number of oxime groups is 1. The first-order valence-electron chi connectivity index (χ1n) is 2.55. The minimum Gasteiger partial charge on any atom is -0.410 e. The zero-order valence-electron chi connectivity index (χ0n) is 5.21. The van der Waals surface area contributed by atoms with Crippen molar-refractivity contribution < 1.29 is 5.21 Å². The Balaban J connectivity index is 2.95. The van der Waals surface area contributed by atoms with E-state index in [1.54, 1.807) is 6.07 Å². The third-order valence-corrected chi connectivity index (χ3v) is 2.20. The number of halogens is 1. The van der Waals surface area contributed by atoms with Crippen LogP contribution in [0.4, 0.5) is 0 Å². The third kappa shape index (κ3) is 1.46. The van der Waals surface area contributed by atoms with Crippen LogP contribution in [0.2, 0.25) is 0 Å². The summed E-state index contributed by atoms with van der Waals surface area (Å²) in [5.41, 5.74) is 0.877. The molecule has 1 aromatic heterocycles. The van der Waals surface area contributed by atoms with Gasteiger partial charge in [0, 0.05) is 0 Å². The van der Waals surface area contributed by atoms with Crippen LogP contribution < -0.4 is 0 Å². The summed E-state index contributed by atoms with van der Waals surface area (Å²) in [5, 5.41) is 11.1. The molecule has 10 heavy (non-hydrogen) atoms. The molecule has 1 rings (SSSR count). The van der Waals surface area contributed by atoms with E-state index in [-0.39, 0.29) is 5.17 Å². The minimum absolute atomic E-state index is 0.0885. The maximum atomic E-state index is 8.23. The minimum atomic E-state index is 0.0885. The first-order valence-corrected chi connectivity index (χ1v) is 3.70. The topological polar surface area (TPSA) is 45.5 Å². The number of rotatable bonds is 1. The Bertz CT molecular complexity index is 258. The van der Waals surface area contributed by atoms with Gasteiger partial charge in [0.25, 0.3) is 0 Å². The van der Waals surface area contributed by atoms with Gasteiger partial charge in [0.15, 0.2) is 5.17 Å². The van der Waals surface area contributed by atoms with Crippen molar-refractivity contribution >= 4 is 28.3 Å². The van der Waals surface area contributed by atoms with Crippen LogP contribution in [0.5, 0.6) is 0 Å². The Kier molecular flexibility index (Phi) is 2.24. The third-order valence-electron chi connectivity index (χ3n) is 0.919. The molecule has 0 saturated carbocycles. The molecular weight excluding hydrogens is 172 g/mol. The molecule has 0 bridgehead atoms. The molecule has 1 aromatic rings. The highest BCUT2D eigenvalue weighted by Gasteiger charge is 2.02. The molecule has 0 aromatic carbocycles. The summed E-state index contributed by atoms with van der Waals surface area (Å²) in [6.45, 7) is 1.85. The molecule has 5 heteroatoms. The fourth-order valence-electron chi connectivity index (χ4n) is 0.510. The van der Waals surface area contributed by atoms with Gasteiger partial charge in [0.1, 0.15) is 0 Å². The molecule has 0 aliphatic heterocycles. The average molecular weight is 177 g/mol. The summed E-state index contributed by atoms with van der Waals surface area (Å²) in [4.78, 5) is 0.682. The molecule has 0 radical (unpaired) electrons. The van der Waals surface area contributed by atoms with E-state index < -0.39 is 0 Å². The van der Waals surface area contributed by atoms with E-state index in [0.29, 0.717) is 4.88 Å². The molecule has 0 saturated heterocycles. The first-order chi connectivity index (χ1) is 4.74. The predicted octanol–water partition coefficient (Wildman–Crippen LogP) is 1.83. The number of aryl methyl sites for hydroxylation is 1. The van der Waals surface area contributed by atoms with Crippen molar-refractivity contribution in [3.05, 3.63) is 16.6 Å². The van der Waals surface area contributed by atoms with Gasteiger partial charge in [-0.3, -0.25) is 0 Å². The van der Waals surface area contributed by atoms with Crippen molar-refractivity contribution in [3.63, 3.8) is 0 Å². The van der Waals surface area contributed by atoms with Gasteiger partial charge in [-0.25, -0.2) is 0 Å². The Morgan fingerprint density at radius 3 is 3.00 bits per heavy atom. The van der Waals surface area contributed by atoms with E-state index in [9.17, 15) is 0 Å². The van der Waals surface area contributed by atoms with E-state index in [1.165, 1.54) is 11.5 Å². The SMILES string of the molecule is Cc1cc(/C(Cl)=N/O)sn1. The van der Waals surface area contributed by atoms with Crippen LogP contribution in [0.3, 0.4) is 0 Å². The molecule has 3 nitrogen and oxygen atoms in total. The van der Waals surface area contributed by atoms with E-state index >= 15 is 0 Å². The monoisotopic (exact) mass is 176 g/mol. The molecule has 0 atom stereocenters. The largest absolute Gasteiger partial charge is 0.410 e. The molecular formula is C5H5ClN2OS. The van der Waals surface area contributed by atoms with Crippen LogP contribution in [0.15, 0.2) is 11.2 Å². The fraction of sp³-hybridized carbons (Fsp3) is 0.200. The quantitative estimate of drug-likeness (QED) is 0.403. The van der Waals surface area contributed by atoms with Crippen LogP contribution in [0.1, 0.15) is 10.6 Å². The standard InChI is InChI=1S/C5H5ClN2OS/c1-3-2-4(10-8-3)5(6)7-9/h2,9H,1H3/b7-5-. The van der Waals surface area contributed by atoms with Crippen molar-refractivity contribution in [3.8, 4) is 0 Å². The molecule has 0 spiro atoms. The van der Waals surface area contributed by atoms with E-state index in [4.69, 9.17) is 16.8 Å². The van der Waals surface area contributed by atoms with Gasteiger partial charge in [0.05, 0.1) is 10.6 Å². The lowest BCUT2D eigenvalue weighted by Gasteiger charge is -1.83. The highest BCUT2D eigenvalue weighted by Crippen LogP contribution is 2.12. The summed E-state index contributed by atoms with van der Waals surface area (Å²) in [5.74, 6) is 0. The maximum absolute atomic E-state index is 8.23. The Hall–Kier alpha value is -0.610. The van der Waals surface area contributed by atoms with Gasteiger partial charge in [-0.15, -0.1) is 0 Å². The first kappa shape index (κ1) is 7.50. The second kappa shape index (κ2) is 2.98. The average Bonchev–Trinajstić information content (AvgIpc) is 2.34. The normalized spacial score (nSPS) is 12.0. The lowest BCUT2D eigenvalue weighted by Crippen LogP contribution is -1.83. The van der Waals surface area contributed by atoms with E-state index in [2.05, 4.69) is 9.53 Å². The van der Waals surface area contributed by atoms with Crippen molar-refractivity contribution in [2.24, 2.45) is 5.16 Å². The van der Waals surface area contributed by atoms with Crippen LogP contribution in [0, 0.1) is 6.92 Å². The summed E-state index contributed by atoms with van der Waals surface area (Å²) < 4.78 is 3.95. The second-order valence-corrected chi connectivity index (χ2v) is 2.89. The van der Waals surface area contributed by atoms with Gasteiger partial charge in [-0.05, 0) is 24.5 Å². The Morgan fingerprint density at radius 2 is 2.60 bits per heavy atom. The zero-order valence-corrected chi connectivity index (χ0v) is 6.78. The molecule has 0 aliphatic carbocycles. The Morgan fingerprint density at radius 1 is 1.90 bits per heavy atom. The van der Waals surface area contributed by atoms with Gasteiger partial charge < -0.3 is 5.21 Å². The van der Waals surface area contributed by atoms with Gasteiger partial charge in [0.2, 0.25) is 0 Å². The van der Waals surface area contributed by atoms with E-state index in [0.717, 1.165) is 5.69 Å². The summed E-state index contributed by atoms with van der Waals surface area (Å²) in [6.07, 6.45) is 0. The number of nitrogens with zero attached hydrogens (tertiary/aromatic N) is 2. The lowest BCUT2D eigenvalue weighted by molar-refractivity contribution is 0.321. The maximum Gasteiger partial charge on any atom is 0.186 e. The molecule has 0 unspecified atom stereocenters. The van der Waals surface area contributed by atoms with Gasteiger partial charge in [-0.1, -0.05) is 16.8 Å². The van der Waals surface area contributed by atoms with Gasteiger partial charge in [-0.2, -0.15) is 4.37 Å². The molecule has 1 N–H and O–H groups in total. The van der Waals surface area contributed by atoms with Crippen molar-refractivity contribution in [2.75, 3.05) is 0 Å². The van der Waals surface area contributed by atoms with Crippen LogP contribution in [-0.4, -0.2) is 14.8 Å². The number of hydrogen-bond donors (Lipinski definition) is 1. The highest BCUT2D eigenvalue weighted by atomic mass is 35.5. The molecule has 0 fully saturated rings. The summed E-state index contributed by atoms with van der Waals surface area (Å²) in [6, 6.07) is 1.76.